The zero-order valence-electron chi connectivity index (χ0n) is 11.1. The van der Waals surface area contributed by atoms with E-state index < -0.39 is 34.8 Å². The van der Waals surface area contributed by atoms with Crippen molar-refractivity contribution in [2.75, 3.05) is 0 Å². The molecule has 1 N–H and O–H groups in total. The van der Waals surface area contributed by atoms with E-state index in [2.05, 4.69) is 0 Å². The van der Waals surface area contributed by atoms with Gasteiger partial charge in [0.25, 0.3) is 0 Å². The van der Waals surface area contributed by atoms with E-state index in [-0.39, 0.29) is 18.2 Å². The molecule has 0 heterocycles. The summed E-state index contributed by atoms with van der Waals surface area (Å²) in [5.41, 5.74) is -0.259. The van der Waals surface area contributed by atoms with Crippen molar-refractivity contribution in [3.05, 3.63) is 64.7 Å². The summed E-state index contributed by atoms with van der Waals surface area (Å²) < 4.78 is 53.4. The SMILES string of the molecule is O=C(O)Cc1ccccc1SCc1c(F)c(F)cc(F)c1F. The summed E-state index contributed by atoms with van der Waals surface area (Å²) in [6, 6.07) is 6.55. The van der Waals surface area contributed by atoms with Gasteiger partial charge in [-0.15, -0.1) is 11.8 Å². The highest BCUT2D eigenvalue weighted by Crippen LogP contribution is 2.30. The van der Waals surface area contributed by atoms with Gasteiger partial charge in [-0.25, -0.2) is 17.6 Å². The Morgan fingerprint density at radius 2 is 1.64 bits per heavy atom. The van der Waals surface area contributed by atoms with E-state index in [1.165, 1.54) is 0 Å². The molecule has 116 valence electrons. The average Bonchev–Trinajstić information content (AvgIpc) is 2.46. The Bertz CT molecular complexity index is 693. The number of carbonyl (C=O) groups is 1. The third-order valence-corrected chi connectivity index (χ3v) is 4.03. The van der Waals surface area contributed by atoms with Crippen molar-refractivity contribution in [1.82, 2.24) is 0 Å². The van der Waals surface area contributed by atoms with Crippen molar-refractivity contribution < 1.29 is 27.5 Å². The van der Waals surface area contributed by atoms with Gasteiger partial charge in [0.15, 0.2) is 23.3 Å². The Morgan fingerprint density at radius 3 is 2.23 bits per heavy atom. The molecule has 0 radical (unpaired) electrons. The van der Waals surface area contributed by atoms with Crippen LogP contribution < -0.4 is 0 Å². The fourth-order valence-corrected chi connectivity index (χ4v) is 2.91. The summed E-state index contributed by atoms with van der Waals surface area (Å²) in [6.07, 6.45) is -0.258. The van der Waals surface area contributed by atoms with Crippen LogP contribution in [-0.4, -0.2) is 11.1 Å². The molecule has 0 fully saturated rings. The van der Waals surface area contributed by atoms with Crippen LogP contribution in [0.3, 0.4) is 0 Å². The van der Waals surface area contributed by atoms with Gasteiger partial charge < -0.3 is 5.11 Å². The summed E-state index contributed by atoms with van der Waals surface area (Å²) in [7, 11) is 0. The Balaban J connectivity index is 2.26. The minimum absolute atomic E-state index is 0.150. The first-order chi connectivity index (χ1) is 10.4. The van der Waals surface area contributed by atoms with E-state index in [4.69, 9.17) is 5.11 Å². The Morgan fingerprint density at radius 1 is 1.05 bits per heavy atom. The van der Waals surface area contributed by atoms with Crippen LogP contribution in [0.25, 0.3) is 0 Å². The zero-order chi connectivity index (χ0) is 16.3. The molecule has 2 nitrogen and oxygen atoms in total. The fourth-order valence-electron chi connectivity index (χ4n) is 1.85. The van der Waals surface area contributed by atoms with Gasteiger partial charge in [-0.2, -0.15) is 0 Å². The van der Waals surface area contributed by atoms with Gasteiger partial charge in [-0.1, -0.05) is 18.2 Å². The molecule has 0 saturated heterocycles. The lowest BCUT2D eigenvalue weighted by molar-refractivity contribution is -0.136. The molecule has 22 heavy (non-hydrogen) atoms. The summed E-state index contributed by atoms with van der Waals surface area (Å²) in [4.78, 5) is 11.2. The standard InChI is InChI=1S/C15H10F4O2S/c16-10-6-11(17)15(19)9(14(10)18)7-22-12-4-2-1-3-8(12)5-13(20)21/h1-4,6H,5,7H2,(H,20,21). The molecular weight excluding hydrogens is 320 g/mol. The van der Waals surface area contributed by atoms with Crippen LogP contribution in [0, 0.1) is 23.3 Å². The number of benzene rings is 2. The van der Waals surface area contributed by atoms with Gasteiger partial charge in [-0.05, 0) is 11.6 Å². The maximum atomic E-state index is 13.6. The lowest BCUT2D eigenvalue weighted by Crippen LogP contribution is -2.03. The number of halogens is 4. The number of rotatable bonds is 5. The van der Waals surface area contributed by atoms with E-state index in [0.717, 1.165) is 11.8 Å². The van der Waals surface area contributed by atoms with E-state index in [9.17, 15) is 22.4 Å². The van der Waals surface area contributed by atoms with E-state index >= 15 is 0 Å². The average molecular weight is 330 g/mol. The summed E-state index contributed by atoms with van der Waals surface area (Å²) in [5, 5.41) is 8.81. The fraction of sp³-hybridized carbons (Fsp3) is 0.133. The molecule has 0 bridgehead atoms. The molecule has 2 aromatic carbocycles. The van der Waals surface area contributed by atoms with Gasteiger partial charge in [0, 0.05) is 22.3 Å². The third kappa shape index (κ3) is 3.59. The number of carboxylic acid groups (broad SMARTS) is 1. The molecule has 2 aromatic rings. The Hall–Kier alpha value is -2.02. The van der Waals surface area contributed by atoms with Crippen molar-refractivity contribution in [1.29, 1.82) is 0 Å². The first-order valence-electron chi connectivity index (χ1n) is 6.14. The molecule has 0 aliphatic heterocycles. The van der Waals surface area contributed by atoms with Gasteiger partial charge in [-0.3, -0.25) is 4.79 Å². The summed E-state index contributed by atoms with van der Waals surface area (Å²) in [5.74, 6) is -7.23. The molecule has 0 spiro atoms. The van der Waals surface area contributed by atoms with E-state index in [1.807, 2.05) is 0 Å². The molecule has 0 aliphatic rings. The first-order valence-corrected chi connectivity index (χ1v) is 7.13. The van der Waals surface area contributed by atoms with Gasteiger partial charge in [0.1, 0.15) is 0 Å². The second kappa shape index (κ2) is 6.83. The molecule has 2 rings (SSSR count). The van der Waals surface area contributed by atoms with Crippen molar-refractivity contribution in [3.63, 3.8) is 0 Å². The molecule has 0 aliphatic carbocycles. The Labute approximate surface area is 127 Å². The second-order valence-electron chi connectivity index (χ2n) is 4.41. The predicted molar refractivity (Wildman–Crippen MR) is 73.6 cm³/mol. The molecule has 0 amide bonds. The highest BCUT2D eigenvalue weighted by Gasteiger charge is 2.19. The molecule has 0 unspecified atom stereocenters. The molecule has 0 atom stereocenters. The normalized spacial score (nSPS) is 10.7. The minimum Gasteiger partial charge on any atom is -0.481 e. The highest BCUT2D eigenvalue weighted by molar-refractivity contribution is 7.98. The molecule has 7 heteroatoms. The van der Waals surface area contributed by atoms with Crippen molar-refractivity contribution in [2.45, 2.75) is 17.1 Å². The van der Waals surface area contributed by atoms with Crippen LogP contribution in [0.4, 0.5) is 17.6 Å². The molecule has 0 saturated carbocycles. The van der Waals surface area contributed by atoms with Gasteiger partial charge in [0.2, 0.25) is 0 Å². The lowest BCUT2D eigenvalue weighted by atomic mass is 10.1. The van der Waals surface area contributed by atoms with Crippen LogP contribution in [0.5, 0.6) is 0 Å². The molecule has 0 aromatic heterocycles. The largest absolute Gasteiger partial charge is 0.481 e. The number of aliphatic carboxylic acids is 1. The van der Waals surface area contributed by atoms with Crippen molar-refractivity contribution >= 4 is 17.7 Å². The number of carboxylic acids is 1. The maximum Gasteiger partial charge on any atom is 0.307 e. The number of hydrogen-bond donors (Lipinski definition) is 1. The topological polar surface area (TPSA) is 37.3 Å². The second-order valence-corrected chi connectivity index (χ2v) is 5.43. The smallest absolute Gasteiger partial charge is 0.307 e. The predicted octanol–water partition coefficient (Wildman–Crippen LogP) is 4.16. The van der Waals surface area contributed by atoms with Crippen LogP contribution in [0.15, 0.2) is 35.2 Å². The number of thioether (sulfide) groups is 1. The van der Waals surface area contributed by atoms with Gasteiger partial charge >= 0.3 is 5.97 Å². The van der Waals surface area contributed by atoms with Crippen molar-refractivity contribution in [3.8, 4) is 0 Å². The Kier molecular flexibility index (Phi) is 5.07. The minimum atomic E-state index is -1.46. The third-order valence-electron chi connectivity index (χ3n) is 2.89. The lowest BCUT2D eigenvalue weighted by Gasteiger charge is -2.09. The van der Waals surface area contributed by atoms with Crippen LogP contribution in [-0.2, 0) is 17.0 Å². The number of hydrogen-bond acceptors (Lipinski definition) is 2. The summed E-state index contributed by atoms with van der Waals surface area (Å²) >= 11 is 0.911. The quantitative estimate of drug-likeness (QED) is 0.508. The monoisotopic (exact) mass is 330 g/mol. The van der Waals surface area contributed by atoms with Crippen molar-refractivity contribution in [2.24, 2.45) is 0 Å². The summed E-state index contributed by atoms with van der Waals surface area (Å²) in [6.45, 7) is 0. The van der Waals surface area contributed by atoms with Gasteiger partial charge in [0.05, 0.1) is 6.42 Å². The zero-order valence-corrected chi connectivity index (χ0v) is 11.9. The maximum absolute atomic E-state index is 13.6. The van der Waals surface area contributed by atoms with Crippen LogP contribution >= 0.6 is 11.8 Å². The first kappa shape index (κ1) is 16.4. The van der Waals surface area contributed by atoms with E-state index in [0.29, 0.717) is 10.5 Å². The molecular formula is C15H10F4O2S. The van der Waals surface area contributed by atoms with Crippen LogP contribution in [0.2, 0.25) is 0 Å². The van der Waals surface area contributed by atoms with E-state index in [1.54, 1.807) is 24.3 Å². The highest BCUT2D eigenvalue weighted by atomic mass is 32.2. The van der Waals surface area contributed by atoms with Crippen LogP contribution in [0.1, 0.15) is 11.1 Å².